The number of nitrogens with zero attached hydrogens (tertiary/aromatic N) is 9. The highest BCUT2D eigenvalue weighted by molar-refractivity contribution is 5.96. The van der Waals surface area contributed by atoms with Crippen LogP contribution in [0.2, 0.25) is 0 Å². The van der Waals surface area contributed by atoms with Crippen molar-refractivity contribution < 1.29 is 9.53 Å². The molecule has 13 heteroatoms. The fraction of sp³-hybridized carbons (Fsp3) is 0.394. The molecule has 236 valence electrons. The smallest absolute Gasteiger partial charge is 0.278 e. The van der Waals surface area contributed by atoms with Gasteiger partial charge in [-0.05, 0) is 69.9 Å². The zero-order valence-corrected chi connectivity index (χ0v) is 26.0. The highest BCUT2D eigenvalue weighted by Crippen LogP contribution is 2.33. The summed E-state index contributed by atoms with van der Waals surface area (Å²) in [4.78, 5) is 44.7. The van der Waals surface area contributed by atoms with Gasteiger partial charge in [0.15, 0.2) is 29.6 Å². The number of nitrogens with one attached hydrogen (secondary N) is 1. The molecule has 7 heterocycles. The van der Waals surface area contributed by atoms with E-state index in [1.165, 1.54) is 0 Å². The van der Waals surface area contributed by atoms with E-state index < -0.39 is 0 Å². The van der Waals surface area contributed by atoms with E-state index in [9.17, 15) is 9.59 Å². The summed E-state index contributed by atoms with van der Waals surface area (Å²) in [5.74, 6) is 1.66. The second-order valence-corrected chi connectivity index (χ2v) is 12.4. The van der Waals surface area contributed by atoms with Crippen LogP contribution in [0.1, 0.15) is 45.6 Å². The van der Waals surface area contributed by atoms with Crippen LogP contribution >= 0.6 is 0 Å². The monoisotopic (exact) mass is 620 g/mol. The zero-order chi connectivity index (χ0) is 31.4. The largest absolute Gasteiger partial charge is 0.480 e. The van der Waals surface area contributed by atoms with Crippen molar-refractivity contribution in [2.75, 3.05) is 36.5 Å². The third-order valence-corrected chi connectivity index (χ3v) is 9.25. The standard InChI is InChI=1S/C33H36N10O3/c1-21(2)39-15-11-24(12-16-39)42-26-8-7-23(17-22(26)18-35-42)36-33-34-19-25-30(38-33)43-28-10-9-27-31(37-28)40(29(44)20-46-27)13-5-3-4-6-14-41(43)32(25)45/h4,6-10,17-19,21,24H,3,5,11-16,20H2,1-2H3,(H,34,36,38)/b6-4-. The third kappa shape index (κ3) is 4.91. The van der Waals surface area contributed by atoms with Crippen LogP contribution in [0.3, 0.4) is 0 Å². The first-order chi connectivity index (χ1) is 22.4. The number of piperidine rings is 1. The number of rotatable bonds is 4. The maximum absolute atomic E-state index is 13.6. The van der Waals surface area contributed by atoms with Crippen molar-refractivity contribution in [2.24, 2.45) is 0 Å². The van der Waals surface area contributed by atoms with E-state index in [0.29, 0.717) is 59.5 Å². The molecule has 0 radical (unpaired) electrons. The van der Waals surface area contributed by atoms with Gasteiger partial charge in [0, 0.05) is 42.9 Å². The Morgan fingerprint density at radius 3 is 2.72 bits per heavy atom. The van der Waals surface area contributed by atoms with Crippen LogP contribution in [0.25, 0.3) is 27.8 Å². The number of benzene rings is 1. The van der Waals surface area contributed by atoms with Gasteiger partial charge in [0.2, 0.25) is 5.95 Å². The molecule has 46 heavy (non-hydrogen) atoms. The Labute approximate surface area is 265 Å². The Bertz CT molecular complexity index is 2050. The molecule has 4 aromatic heterocycles. The molecule has 13 nitrogen and oxygen atoms in total. The van der Waals surface area contributed by atoms with Crippen LogP contribution in [-0.2, 0) is 11.3 Å². The maximum Gasteiger partial charge on any atom is 0.278 e. The van der Waals surface area contributed by atoms with Gasteiger partial charge in [0.1, 0.15) is 5.39 Å². The molecule has 1 saturated heterocycles. The number of amides is 1. The topological polar surface area (TPSA) is 128 Å². The van der Waals surface area contributed by atoms with E-state index in [1.807, 2.05) is 30.5 Å². The number of hydrogen-bond acceptors (Lipinski definition) is 9. The van der Waals surface area contributed by atoms with Gasteiger partial charge in [-0.25, -0.2) is 19.3 Å². The minimum atomic E-state index is -0.222. The van der Waals surface area contributed by atoms with E-state index in [4.69, 9.17) is 19.8 Å². The van der Waals surface area contributed by atoms with Crippen molar-refractivity contribution >= 4 is 45.3 Å². The van der Waals surface area contributed by atoms with E-state index in [-0.39, 0.29) is 18.1 Å². The number of carbonyl (C=O) groups is 1. The molecule has 1 fully saturated rings. The number of fused-ring (bicyclic) bond motifs is 6. The number of hydrogen-bond donors (Lipinski definition) is 1. The van der Waals surface area contributed by atoms with Crippen LogP contribution in [0.15, 0.2) is 59.7 Å². The van der Waals surface area contributed by atoms with E-state index in [2.05, 4.69) is 39.8 Å². The summed E-state index contributed by atoms with van der Waals surface area (Å²) in [6.45, 7) is 7.52. The van der Waals surface area contributed by atoms with Gasteiger partial charge < -0.3 is 15.0 Å². The summed E-state index contributed by atoms with van der Waals surface area (Å²) in [6.07, 6.45) is 11.2. The lowest BCUT2D eigenvalue weighted by Gasteiger charge is -2.34. The maximum atomic E-state index is 13.6. The zero-order valence-electron chi connectivity index (χ0n) is 26.0. The molecule has 0 unspecified atom stereocenters. The van der Waals surface area contributed by atoms with Gasteiger partial charge in [0.25, 0.3) is 11.5 Å². The average molecular weight is 621 g/mol. The molecule has 1 amide bonds. The lowest BCUT2D eigenvalue weighted by molar-refractivity contribution is -0.121. The molecule has 1 aromatic carbocycles. The molecule has 3 aliphatic heterocycles. The Morgan fingerprint density at radius 1 is 1.00 bits per heavy atom. The fourth-order valence-corrected chi connectivity index (χ4v) is 6.76. The van der Waals surface area contributed by atoms with E-state index >= 15 is 0 Å². The first kappa shape index (κ1) is 28.4. The highest BCUT2D eigenvalue weighted by Gasteiger charge is 2.29. The molecule has 5 aromatic rings. The first-order valence-corrected chi connectivity index (χ1v) is 16.0. The number of allylic oxidation sites excluding steroid dienone is 2. The van der Waals surface area contributed by atoms with Crippen LogP contribution in [-0.4, -0.2) is 77.2 Å². The summed E-state index contributed by atoms with van der Waals surface area (Å²) >= 11 is 0. The lowest BCUT2D eigenvalue weighted by Crippen LogP contribution is -2.40. The number of anilines is 3. The van der Waals surface area contributed by atoms with E-state index in [0.717, 1.165) is 55.4 Å². The van der Waals surface area contributed by atoms with Crippen molar-refractivity contribution in [3.05, 3.63) is 65.2 Å². The van der Waals surface area contributed by atoms with Gasteiger partial charge in [0.05, 0.1) is 24.3 Å². The fourth-order valence-electron chi connectivity index (χ4n) is 6.76. The van der Waals surface area contributed by atoms with Crippen molar-refractivity contribution in [1.29, 1.82) is 0 Å². The van der Waals surface area contributed by atoms with E-state index in [1.54, 1.807) is 32.6 Å². The minimum absolute atomic E-state index is 0.0204. The molecular formula is C33H36N10O3. The SMILES string of the molecule is CC(C)N1CCC(n2ncc3cc(Nc4ncc5c(=O)n6n(c5n4)-c4ccc5c(n4)N(CCC/C=C\C6)C(=O)CO5)ccc32)CC1. The molecule has 3 aliphatic rings. The molecule has 2 bridgehead atoms. The molecule has 0 atom stereocenters. The average Bonchev–Trinajstić information content (AvgIpc) is 3.60. The van der Waals surface area contributed by atoms with Gasteiger partial charge in [-0.1, -0.05) is 12.2 Å². The molecule has 8 rings (SSSR count). The Hall–Kier alpha value is -5.04. The van der Waals surface area contributed by atoms with Crippen molar-refractivity contribution in [2.45, 2.75) is 58.2 Å². The Balaban J connectivity index is 1.14. The summed E-state index contributed by atoms with van der Waals surface area (Å²) in [6, 6.07) is 10.7. The second-order valence-electron chi connectivity index (χ2n) is 12.4. The van der Waals surface area contributed by atoms with Gasteiger partial charge >= 0.3 is 0 Å². The summed E-state index contributed by atoms with van der Waals surface area (Å²) in [5.41, 5.74) is 2.11. The molecule has 0 saturated carbocycles. The summed E-state index contributed by atoms with van der Waals surface area (Å²) in [5, 5.41) is 9.50. The predicted octanol–water partition coefficient (Wildman–Crippen LogP) is 4.19. The van der Waals surface area contributed by atoms with Crippen molar-refractivity contribution in [1.82, 2.24) is 39.0 Å². The van der Waals surface area contributed by atoms with Crippen LogP contribution in [0.5, 0.6) is 5.75 Å². The molecular weight excluding hydrogens is 584 g/mol. The quantitative estimate of drug-likeness (QED) is 0.294. The highest BCUT2D eigenvalue weighted by atomic mass is 16.5. The Morgan fingerprint density at radius 2 is 1.87 bits per heavy atom. The molecule has 1 N–H and O–H groups in total. The normalized spacial score (nSPS) is 18.3. The molecule has 0 aliphatic carbocycles. The number of carbonyl (C=O) groups excluding carboxylic acids is 1. The van der Waals surface area contributed by atoms with Gasteiger partial charge in [-0.3, -0.25) is 19.2 Å². The van der Waals surface area contributed by atoms with Crippen LogP contribution in [0, 0.1) is 0 Å². The predicted molar refractivity (Wildman–Crippen MR) is 175 cm³/mol. The molecule has 0 spiro atoms. The minimum Gasteiger partial charge on any atom is -0.480 e. The van der Waals surface area contributed by atoms with Gasteiger partial charge in [-0.2, -0.15) is 10.1 Å². The number of aromatic nitrogens is 7. The van der Waals surface area contributed by atoms with Crippen LogP contribution < -0.4 is 20.5 Å². The summed E-state index contributed by atoms with van der Waals surface area (Å²) in [7, 11) is 0. The van der Waals surface area contributed by atoms with Crippen LogP contribution in [0.4, 0.5) is 17.5 Å². The number of likely N-dealkylation sites (tertiary alicyclic amines) is 1. The first-order valence-electron chi connectivity index (χ1n) is 16.0. The third-order valence-electron chi connectivity index (χ3n) is 9.25. The number of pyridine rings is 1. The summed E-state index contributed by atoms with van der Waals surface area (Å²) < 4.78 is 11.1. The number of ether oxygens (including phenoxy) is 1. The Kier molecular flexibility index (Phi) is 7.04. The lowest BCUT2D eigenvalue weighted by atomic mass is 10.0. The van der Waals surface area contributed by atoms with Gasteiger partial charge in [-0.15, -0.1) is 0 Å². The van der Waals surface area contributed by atoms with Crippen molar-refractivity contribution in [3.8, 4) is 11.6 Å². The second kappa shape index (κ2) is 11.4. The van der Waals surface area contributed by atoms with Crippen molar-refractivity contribution in [3.63, 3.8) is 0 Å².